The SMILES string of the molecule is O=C(Nc1ccccc1C(=O)NCC1CCCO1)c1ccc2c(c1)CCCC2. The van der Waals surface area contributed by atoms with E-state index in [1.54, 1.807) is 18.2 Å². The first-order valence-electron chi connectivity index (χ1n) is 10.1. The maximum absolute atomic E-state index is 12.8. The lowest BCUT2D eigenvalue weighted by molar-refractivity contribution is 0.0858. The van der Waals surface area contributed by atoms with Crippen molar-refractivity contribution in [1.29, 1.82) is 0 Å². The number of amides is 2. The molecule has 0 saturated carbocycles. The van der Waals surface area contributed by atoms with Crippen molar-refractivity contribution in [1.82, 2.24) is 5.32 Å². The van der Waals surface area contributed by atoms with Gasteiger partial charge in [0.15, 0.2) is 0 Å². The minimum Gasteiger partial charge on any atom is -0.376 e. The second-order valence-corrected chi connectivity index (χ2v) is 7.54. The van der Waals surface area contributed by atoms with Gasteiger partial charge in [0.1, 0.15) is 0 Å². The molecule has 0 bridgehead atoms. The van der Waals surface area contributed by atoms with Crippen molar-refractivity contribution in [2.75, 3.05) is 18.5 Å². The van der Waals surface area contributed by atoms with E-state index in [0.717, 1.165) is 32.3 Å². The van der Waals surface area contributed by atoms with Crippen LogP contribution in [0.5, 0.6) is 0 Å². The van der Waals surface area contributed by atoms with Gasteiger partial charge in [0.05, 0.1) is 17.4 Å². The normalized spacial score (nSPS) is 18.4. The highest BCUT2D eigenvalue weighted by molar-refractivity contribution is 6.09. The number of aryl methyl sites for hydroxylation is 2. The third-order valence-electron chi connectivity index (χ3n) is 5.54. The van der Waals surface area contributed by atoms with Crippen molar-refractivity contribution >= 4 is 17.5 Å². The van der Waals surface area contributed by atoms with Crippen LogP contribution < -0.4 is 10.6 Å². The van der Waals surface area contributed by atoms with Crippen LogP contribution >= 0.6 is 0 Å². The first kappa shape index (κ1) is 18.7. The number of rotatable bonds is 5. The molecule has 2 aliphatic rings. The summed E-state index contributed by atoms with van der Waals surface area (Å²) in [5, 5.41) is 5.83. The molecule has 5 heteroatoms. The smallest absolute Gasteiger partial charge is 0.255 e. The maximum Gasteiger partial charge on any atom is 0.255 e. The molecule has 1 heterocycles. The number of carbonyl (C=O) groups excluding carboxylic acids is 2. The Morgan fingerprint density at radius 1 is 0.964 bits per heavy atom. The van der Waals surface area contributed by atoms with Crippen molar-refractivity contribution in [2.24, 2.45) is 0 Å². The zero-order valence-electron chi connectivity index (χ0n) is 16.0. The van der Waals surface area contributed by atoms with Crippen molar-refractivity contribution in [3.05, 3.63) is 64.7 Å². The van der Waals surface area contributed by atoms with Crippen LogP contribution in [0.2, 0.25) is 0 Å². The Kier molecular flexibility index (Phi) is 5.72. The monoisotopic (exact) mass is 378 g/mol. The first-order chi connectivity index (χ1) is 13.7. The Balaban J connectivity index is 1.45. The summed E-state index contributed by atoms with van der Waals surface area (Å²) in [7, 11) is 0. The van der Waals surface area contributed by atoms with E-state index in [4.69, 9.17) is 4.74 Å². The molecule has 1 saturated heterocycles. The van der Waals surface area contributed by atoms with Crippen LogP contribution in [0, 0.1) is 0 Å². The molecule has 28 heavy (non-hydrogen) atoms. The summed E-state index contributed by atoms with van der Waals surface area (Å²) in [5.41, 5.74) is 4.23. The summed E-state index contributed by atoms with van der Waals surface area (Å²) in [6.07, 6.45) is 6.59. The number of hydrogen-bond acceptors (Lipinski definition) is 3. The average Bonchev–Trinajstić information content (AvgIpc) is 3.25. The van der Waals surface area contributed by atoms with Gasteiger partial charge in [-0.15, -0.1) is 0 Å². The summed E-state index contributed by atoms with van der Waals surface area (Å²) in [4.78, 5) is 25.4. The van der Waals surface area contributed by atoms with Gasteiger partial charge in [0, 0.05) is 18.7 Å². The largest absolute Gasteiger partial charge is 0.376 e. The summed E-state index contributed by atoms with van der Waals surface area (Å²) < 4.78 is 5.55. The molecule has 1 aliphatic heterocycles. The van der Waals surface area contributed by atoms with Gasteiger partial charge in [-0.2, -0.15) is 0 Å². The number of para-hydroxylation sites is 1. The van der Waals surface area contributed by atoms with Crippen LogP contribution in [-0.2, 0) is 17.6 Å². The Morgan fingerprint density at radius 2 is 1.79 bits per heavy atom. The Morgan fingerprint density at radius 3 is 2.61 bits per heavy atom. The fraction of sp³-hybridized carbons (Fsp3) is 0.391. The van der Waals surface area contributed by atoms with Gasteiger partial charge < -0.3 is 15.4 Å². The molecular weight excluding hydrogens is 352 g/mol. The van der Waals surface area contributed by atoms with E-state index < -0.39 is 0 Å². The highest BCUT2D eigenvalue weighted by atomic mass is 16.5. The number of nitrogens with one attached hydrogen (secondary N) is 2. The zero-order valence-corrected chi connectivity index (χ0v) is 16.0. The molecule has 2 amide bonds. The third-order valence-corrected chi connectivity index (χ3v) is 5.54. The highest BCUT2D eigenvalue weighted by Gasteiger charge is 2.19. The highest BCUT2D eigenvalue weighted by Crippen LogP contribution is 2.23. The molecule has 0 radical (unpaired) electrons. The molecule has 1 fully saturated rings. The van der Waals surface area contributed by atoms with Crippen LogP contribution in [0.4, 0.5) is 5.69 Å². The number of ether oxygens (including phenoxy) is 1. The average molecular weight is 378 g/mol. The summed E-state index contributed by atoms with van der Waals surface area (Å²) >= 11 is 0. The quantitative estimate of drug-likeness (QED) is 0.833. The fourth-order valence-electron chi connectivity index (χ4n) is 3.97. The van der Waals surface area contributed by atoms with E-state index in [1.165, 1.54) is 24.0 Å². The number of carbonyl (C=O) groups is 2. The number of fused-ring (bicyclic) bond motifs is 1. The molecule has 5 nitrogen and oxygen atoms in total. The van der Waals surface area contributed by atoms with Crippen LogP contribution in [0.3, 0.4) is 0 Å². The van der Waals surface area contributed by atoms with Gasteiger partial charge in [-0.3, -0.25) is 9.59 Å². The van der Waals surface area contributed by atoms with Crippen molar-refractivity contribution < 1.29 is 14.3 Å². The van der Waals surface area contributed by atoms with E-state index in [1.807, 2.05) is 18.2 Å². The van der Waals surface area contributed by atoms with E-state index in [-0.39, 0.29) is 17.9 Å². The molecule has 1 unspecified atom stereocenters. The predicted octanol–water partition coefficient (Wildman–Crippen LogP) is 3.73. The molecule has 0 aromatic heterocycles. The van der Waals surface area contributed by atoms with Crippen molar-refractivity contribution in [3.8, 4) is 0 Å². The van der Waals surface area contributed by atoms with Gasteiger partial charge >= 0.3 is 0 Å². The number of hydrogen-bond donors (Lipinski definition) is 2. The summed E-state index contributed by atoms with van der Waals surface area (Å²) in [6, 6.07) is 13.0. The van der Waals surface area contributed by atoms with E-state index >= 15 is 0 Å². The van der Waals surface area contributed by atoms with E-state index in [9.17, 15) is 9.59 Å². The summed E-state index contributed by atoms with van der Waals surface area (Å²) in [6.45, 7) is 1.25. The molecule has 1 aliphatic carbocycles. The molecular formula is C23H26N2O3. The Hall–Kier alpha value is -2.66. The van der Waals surface area contributed by atoms with Crippen molar-refractivity contribution in [2.45, 2.75) is 44.6 Å². The summed E-state index contributed by atoms with van der Waals surface area (Å²) in [5.74, 6) is -0.385. The van der Waals surface area contributed by atoms with Crippen LogP contribution in [0.25, 0.3) is 0 Å². The van der Waals surface area contributed by atoms with Crippen LogP contribution in [0.15, 0.2) is 42.5 Å². The van der Waals surface area contributed by atoms with Crippen LogP contribution in [-0.4, -0.2) is 31.1 Å². The second-order valence-electron chi connectivity index (χ2n) is 7.54. The molecule has 0 spiro atoms. The zero-order chi connectivity index (χ0) is 19.3. The lowest BCUT2D eigenvalue weighted by Gasteiger charge is -2.17. The van der Waals surface area contributed by atoms with Gasteiger partial charge in [-0.25, -0.2) is 0 Å². The Labute approximate surface area is 165 Å². The third kappa shape index (κ3) is 4.25. The first-order valence-corrected chi connectivity index (χ1v) is 10.1. The second kappa shape index (κ2) is 8.57. The molecule has 2 aromatic rings. The Bertz CT molecular complexity index is 872. The minimum absolute atomic E-state index is 0.0844. The van der Waals surface area contributed by atoms with Gasteiger partial charge in [-0.1, -0.05) is 18.2 Å². The van der Waals surface area contributed by atoms with Crippen LogP contribution in [0.1, 0.15) is 57.5 Å². The lowest BCUT2D eigenvalue weighted by atomic mass is 9.90. The molecule has 4 rings (SSSR count). The van der Waals surface area contributed by atoms with Gasteiger partial charge in [0.2, 0.25) is 0 Å². The molecule has 1 atom stereocenters. The van der Waals surface area contributed by atoms with Crippen molar-refractivity contribution in [3.63, 3.8) is 0 Å². The topological polar surface area (TPSA) is 67.4 Å². The predicted molar refractivity (Wildman–Crippen MR) is 109 cm³/mol. The number of anilines is 1. The van der Waals surface area contributed by atoms with E-state index in [2.05, 4.69) is 16.7 Å². The molecule has 2 N–H and O–H groups in total. The standard InChI is InChI=1S/C23H26N2O3/c26-22(18-12-11-16-6-1-2-7-17(16)14-18)25-21-10-4-3-9-20(21)23(27)24-15-19-8-5-13-28-19/h3-4,9-12,14,19H,1-2,5-8,13,15H2,(H,24,27)(H,25,26). The molecule has 2 aromatic carbocycles. The molecule has 146 valence electrons. The maximum atomic E-state index is 12.8. The lowest BCUT2D eigenvalue weighted by Crippen LogP contribution is -2.32. The van der Waals surface area contributed by atoms with E-state index in [0.29, 0.717) is 23.4 Å². The number of benzene rings is 2. The van der Waals surface area contributed by atoms with Gasteiger partial charge in [0.25, 0.3) is 11.8 Å². The minimum atomic E-state index is -0.197. The van der Waals surface area contributed by atoms with Gasteiger partial charge in [-0.05, 0) is 73.9 Å². The fourth-order valence-corrected chi connectivity index (χ4v) is 3.97.